The lowest BCUT2D eigenvalue weighted by Gasteiger charge is -2.14. The molecule has 2 heterocycles. The van der Waals surface area contributed by atoms with Gasteiger partial charge in [-0.05, 0) is 42.9 Å². The van der Waals surface area contributed by atoms with Crippen molar-refractivity contribution < 1.29 is 4.79 Å². The molecule has 0 spiro atoms. The van der Waals surface area contributed by atoms with Gasteiger partial charge in [0, 0.05) is 0 Å². The van der Waals surface area contributed by atoms with E-state index in [1.54, 1.807) is 0 Å². The normalized spacial score (nSPS) is 16.7. The predicted octanol–water partition coefficient (Wildman–Crippen LogP) is 2.33. The Labute approximate surface area is 87.6 Å². The molecule has 2 rings (SSSR count). The van der Waals surface area contributed by atoms with Gasteiger partial charge in [-0.2, -0.15) is 0 Å². The number of thiophene rings is 1. The molecule has 0 saturated carbocycles. The van der Waals surface area contributed by atoms with Gasteiger partial charge in [0.15, 0.2) is 6.29 Å². The summed E-state index contributed by atoms with van der Waals surface area (Å²) in [5.74, 6) is 0. The van der Waals surface area contributed by atoms with E-state index in [1.807, 2.05) is 11.4 Å². The van der Waals surface area contributed by atoms with Crippen LogP contribution < -0.4 is 5.32 Å². The zero-order valence-electron chi connectivity index (χ0n) is 7.95. The van der Waals surface area contributed by atoms with Gasteiger partial charge in [-0.1, -0.05) is 11.6 Å². The van der Waals surface area contributed by atoms with Crippen molar-refractivity contribution in [1.82, 2.24) is 5.32 Å². The second-order valence-corrected chi connectivity index (χ2v) is 4.40. The van der Waals surface area contributed by atoms with Crippen molar-refractivity contribution in [2.24, 2.45) is 0 Å². The van der Waals surface area contributed by atoms with Crippen LogP contribution in [0.2, 0.25) is 0 Å². The number of piperidine rings is 1. The van der Waals surface area contributed by atoms with Crippen molar-refractivity contribution in [2.45, 2.75) is 12.8 Å². The molecule has 14 heavy (non-hydrogen) atoms. The van der Waals surface area contributed by atoms with Crippen molar-refractivity contribution in [3.63, 3.8) is 0 Å². The monoisotopic (exact) mass is 207 g/mol. The first kappa shape index (κ1) is 9.62. The van der Waals surface area contributed by atoms with Crippen LogP contribution in [-0.2, 0) is 0 Å². The first-order valence-corrected chi connectivity index (χ1v) is 5.70. The zero-order valence-corrected chi connectivity index (χ0v) is 8.77. The van der Waals surface area contributed by atoms with E-state index in [4.69, 9.17) is 0 Å². The summed E-state index contributed by atoms with van der Waals surface area (Å²) >= 11 is 1.51. The van der Waals surface area contributed by atoms with Crippen LogP contribution in [-0.4, -0.2) is 19.4 Å². The lowest BCUT2D eigenvalue weighted by molar-refractivity contribution is 0.112. The lowest BCUT2D eigenvalue weighted by Crippen LogP contribution is -2.22. The molecule has 0 radical (unpaired) electrons. The number of nitrogens with one attached hydrogen (secondary N) is 1. The highest BCUT2D eigenvalue weighted by molar-refractivity contribution is 7.11. The average Bonchev–Trinajstić information content (AvgIpc) is 2.67. The third-order valence-corrected chi connectivity index (χ3v) is 3.25. The van der Waals surface area contributed by atoms with E-state index in [0.29, 0.717) is 0 Å². The van der Waals surface area contributed by atoms with Crippen LogP contribution >= 0.6 is 11.3 Å². The molecule has 74 valence electrons. The molecule has 0 unspecified atom stereocenters. The van der Waals surface area contributed by atoms with E-state index < -0.39 is 0 Å². The van der Waals surface area contributed by atoms with Crippen LogP contribution in [0.15, 0.2) is 17.0 Å². The van der Waals surface area contributed by atoms with Crippen LogP contribution in [0.3, 0.4) is 0 Å². The van der Waals surface area contributed by atoms with Crippen LogP contribution in [0.25, 0.3) is 6.08 Å². The molecular weight excluding hydrogens is 194 g/mol. The summed E-state index contributed by atoms with van der Waals surface area (Å²) in [7, 11) is 0. The highest BCUT2D eigenvalue weighted by atomic mass is 32.1. The van der Waals surface area contributed by atoms with Gasteiger partial charge in [-0.15, -0.1) is 11.3 Å². The SMILES string of the molecule is O=Cc1cc(C=C2CCNCC2)cs1. The van der Waals surface area contributed by atoms with Crippen molar-refractivity contribution in [1.29, 1.82) is 0 Å². The maximum atomic E-state index is 10.5. The topological polar surface area (TPSA) is 29.1 Å². The Morgan fingerprint density at radius 2 is 2.14 bits per heavy atom. The Bertz CT molecular complexity index is 346. The molecule has 0 aliphatic carbocycles. The number of hydrogen-bond donors (Lipinski definition) is 1. The minimum absolute atomic E-state index is 0.811. The molecule has 0 amide bonds. The molecule has 1 saturated heterocycles. The Kier molecular flexibility index (Phi) is 3.11. The largest absolute Gasteiger partial charge is 0.316 e. The summed E-state index contributed by atoms with van der Waals surface area (Å²) in [5.41, 5.74) is 2.66. The van der Waals surface area contributed by atoms with E-state index in [2.05, 4.69) is 11.4 Å². The maximum absolute atomic E-state index is 10.5. The van der Waals surface area contributed by atoms with E-state index >= 15 is 0 Å². The fourth-order valence-electron chi connectivity index (χ4n) is 1.63. The predicted molar refractivity (Wildman–Crippen MR) is 59.8 cm³/mol. The highest BCUT2D eigenvalue weighted by Crippen LogP contribution is 2.19. The van der Waals surface area contributed by atoms with Crippen LogP contribution in [0.4, 0.5) is 0 Å². The molecule has 0 atom stereocenters. The summed E-state index contributed by atoms with van der Waals surface area (Å²) in [6, 6.07) is 1.95. The summed E-state index contributed by atoms with van der Waals surface area (Å²) < 4.78 is 0. The highest BCUT2D eigenvalue weighted by Gasteiger charge is 2.04. The minimum atomic E-state index is 0.811. The van der Waals surface area contributed by atoms with E-state index in [1.165, 1.54) is 22.5 Å². The molecule has 3 heteroatoms. The smallest absolute Gasteiger partial charge is 0.160 e. The number of aldehydes is 1. The van der Waals surface area contributed by atoms with Gasteiger partial charge in [0.25, 0.3) is 0 Å². The molecule has 1 aromatic heterocycles. The van der Waals surface area contributed by atoms with Gasteiger partial charge in [0.05, 0.1) is 4.88 Å². The van der Waals surface area contributed by atoms with E-state index in [0.717, 1.165) is 37.1 Å². The van der Waals surface area contributed by atoms with Gasteiger partial charge >= 0.3 is 0 Å². The third kappa shape index (κ3) is 2.30. The van der Waals surface area contributed by atoms with E-state index in [-0.39, 0.29) is 0 Å². The summed E-state index contributed by atoms with van der Waals surface area (Å²) in [4.78, 5) is 11.3. The molecule has 1 N–H and O–H groups in total. The van der Waals surface area contributed by atoms with Crippen LogP contribution in [0.1, 0.15) is 28.1 Å². The van der Waals surface area contributed by atoms with Crippen molar-refractivity contribution >= 4 is 23.7 Å². The molecule has 1 aliphatic rings. The van der Waals surface area contributed by atoms with Crippen molar-refractivity contribution in [3.8, 4) is 0 Å². The fraction of sp³-hybridized carbons (Fsp3) is 0.364. The molecule has 0 bridgehead atoms. The van der Waals surface area contributed by atoms with Crippen LogP contribution in [0.5, 0.6) is 0 Å². The van der Waals surface area contributed by atoms with E-state index in [9.17, 15) is 4.79 Å². The number of carbonyl (C=O) groups excluding carboxylic acids is 1. The number of hydrogen-bond acceptors (Lipinski definition) is 3. The van der Waals surface area contributed by atoms with Crippen LogP contribution in [0, 0.1) is 0 Å². The maximum Gasteiger partial charge on any atom is 0.160 e. The fourth-order valence-corrected chi connectivity index (χ4v) is 2.30. The Balaban J connectivity index is 2.10. The first-order valence-electron chi connectivity index (χ1n) is 4.82. The molecule has 0 aromatic carbocycles. The Morgan fingerprint density at radius 1 is 1.36 bits per heavy atom. The second-order valence-electron chi connectivity index (χ2n) is 3.45. The molecule has 1 aromatic rings. The Hall–Kier alpha value is -0.930. The summed E-state index contributed by atoms with van der Waals surface area (Å²) in [5, 5.41) is 5.36. The lowest BCUT2D eigenvalue weighted by atomic mass is 10.0. The standard InChI is InChI=1S/C11H13NOS/c13-7-11-6-10(8-14-11)5-9-1-3-12-4-2-9/h5-8,12H,1-4H2. The number of rotatable bonds is 2. The van der Waals surface area contributed by atoms with Gasteiger partial charge in [-0.25, -0.2) is 0 Å². The summed E-state index contributed by atoms with van der Waals surface area (Å²) in [6.07, 6.45) is 5.39. The molecule has 1 aliphatic heterocycles. The number of carbonyl (C=O) groups is 1. The summed E-state index contributed by atoms with van der Waals surface area (Å²) in [6.45, 7) is 2.16. The minimum Gasteiger partial charge on any atom is -0.316 e. The van der Waals surface area contributed by atoms with Gasteiger partial charge < -0.3 is 5.32 Å². The van der Waals surface area contributed by atoms with Crippen molar-refractivity contribution in [2.75, 3.05) is 13.1 Å². The molecule has 1 fully saturated rings. The Morgan fingerprint density at radius 3 is 2.79 bits per heavy atom. The molecule has 2 nitrogen and oxygen atoms in total. The quantitative estimate of drug-likeness (QED) is 0.754. The average molecular weight is 207 g/mol. The molecular formula is C11H13NOS. The third-order valence-electron chi connectivity index (χ3n) is 2.37. The second kappa shape index (κ2) is 4.53. The first-order chi connectivity index (χ1) is 6.88. The zero-order chi connectivity index (χ0) is 9.80. The van der Waals surface area contributed by atoms with Crippen molar-refractivity contribution in [3.05, 3.63) is 27.5 Å². The van der Waals surface area contributed by atoms with Gasteiger partial charge in [0.1, 0.15) is 0 Å². The van der Waals surface area contributed by atoms with Gasteiger partial charge in [-0.3, -0.25) is 4.79 Å². The van der Waals surface area contributed by atoms with Gasteiger partial charge in [0.2, 0.25) is 0 Å².